The Labute approximate surface area is 292 Å². The third-order valence-corrected chi connectivity index (χ3v) is 11.3. The summed E-state index contributed by atoms with van der Waals surface area (Å²) in [7, 11) is 0. The van der Waals surface area contributed by atoms with E-state index in [1.165, 1.54) is 0 Å². The van der Waals surface area contributed by atoms with E-state index in [4.69, 9.17) is 16.3 Å². The van der Waals surface area contributed by atoms with Crippen molar-refractivity contribution < 1.29 is 19.1 Å². The Hall–Kier alpha value is -3.87. The van der Waals surface area contributed by atoms with Crippen molar-refractivity contribution >= 4 is 46.2 Å². The second kappa shape index (κ2) is 14.9. The maximum atomic E-state index is 14.1. The number of likely N-dealkylation sites (N-methyl/N-ethyl adjacent to an activating group) is 1. The van der Waals surface area contributed by atoms with Crippen molar-refractivity contribution in [3.63, 3.8) is 0 Å². The summed E-state index contributed by atoms with van der Waals surface area (Å²) in [6.45, 7) is 10.4. The third-order valence-electron chi connectivity index (χ3n) is 11.0. The first-order valence-electron chi connectivity index (χ1n) is 17.8. The van der Waals surface area contributed by atoms with E-state index < -0.39 is 12.2 Å². The van der Waals surface area contributed by atoms with Crippen LogP contribution in [0.15, 0.2) is 42.6 Å². The molecule has 0 spiro atoms. The van der Waals surface area contributed by atoms with Gasteiger partial charge in [-0.25, -0.2) is 9.59 Å². The van der Waals surface area contributed by atoms with Crippen molar-refractivity contribution in [2.24, 2.45) is 0 Å². The number of para-hydroxylation sites is 1. The molecule has 4 aliphatic rings. The van der Waals surface area contributed by atoms with E-state index in [1.54, 1.807) is 11.1 Å². The number of urea groups is 1. The van der Waals surface area contributed by atoms with Gasteiger partial charge in [0.05, 0.1) is 16.7 Å². The van der Waals surface area contributed by atoms with Gasteiger partial charge >= 0.3 is 12.1 Å². The maximum absolute atomic E-state index is 14.1. The second-order valence-corrected chi connectivity index (χ2v) is 14.2. The third kappa shape index (κ3) is 7.51. The van der Waals surface area contributed by atoms with Crippen LogP contribution >= 0.6 is 11.6 Å². The molecule has 1 unspecified atom stereocenters. The number of carbonyl (C=O) groups excluding carboxylic acids is 3. The molecule has 13 heteroatoms. The Morgan fingerprint density at radius 3 is 2.41 bits per heavy atom. The smallest absolute Gasteiger partial charge is 0.410 e. The number of aromatic amines is 1. The number of ether oxygens (including phenoxy) is 1. The first-order valence-corrected chi connectivity index (χ1v) is 18.2. The lowest BCUT2D eigenvalue weighted by Gasteiger charge is -2.43. The van der Waals surface area contributed by atoms with E-state index in [-0.39, 0.29) is 24.4 Å². The van der Waals surface area contributed by atoms with Crippen LogP contribution in [0.4, 0.5) is 15.3 Å². The van der Waals surface area contributed by atoms with Gasteiger partial charge in [0.1, 0.15) is 0 Å². The number of H-pyrrole nitrogens is 1. The molecule has 5 heterocycles. The average Bonchev–Trinajstić information content (AvgIpc) is 3.54. The minimum Gasteiger partial charge on any atom is -0.436 e. The molecule has 0 saturated carbocycles. The zero-order valence-corrected chi connectivity index (χ0v) is 29.0. The zero-order chi connectivity index (χ0) is 33.9. The van der Waals surface area contributed by atoms with Crippen LogP contribution in [-0.2, 0) is 22.4 Å². The normalized spacial score (nSPS) is 20.9. The Morgan fingerprint density at radius 2 is 1.65 bits per heavy atom. The molecule has 0 radical (unpaired) electrons. The van der Waals surface area contributed by atoms with Gasteiger partial charge < -0.3 is 29.7 Å². The fourth-order valence-corrected chi connectivity index (χ4v) is 8.27. The second-order valence-electron chi connectivity index (χ2n) is 13.8. The predicted octanol–water partition coefficient (Wildman–Crippen LogP) is 4.45. The largest absolute Gasteiger partial charge is 0.436 e. The van der Waals surface area contributed by atoms with Crippen LogP contribution in [0.5, 0.6) is 0 Å². The van der Waals surface area contributed by atoms with E-state index in [9.17, 15) is 14.4 Å². The van der Waals surface area contributed by atoms with Gasteiger partial charge in [0, 0.05) is 88.5 Å². The zero-order valence-electron chi connectivity index (χ0n) is 28.3. The van der Waals surface area contributed by atoms with Gasteiger partial charge in [0.25, 0.3) is 5.91 Å². The Morgan fingerprint density at radius 1 is 0.939 bits per heavy atom. The summed E-state index contributed by atoms with van der Waals surface area (Å²) in [5, 5.41) is 11.4. The molecule has 0 bridgehead atoms. The van der Waals surface area contributed by atoms with Crippen LogP contribution in [0, 0.1) is 0 Å². The molecule has 2 N–H and O–H groups in total. The Balaban J connectivity index is 0.990. The minimum absolute atomic E-state index is 0.0193. The van der Waals surface area contributed by atoms with Crippen LogP contribution in [0.1, 0.15) is 43.7 Å². The SMILES string of the molecule is CCN1CCN(C2CCN(C(=O)C(Cc3cc(Cl)c4[nH]ncc4c3)OC(=O)N3CCC(N4CCc5ccccc5NC4=O)CC3)CC2)CC1. The number of piperidine rings is 2. The number of halogens is 1. The fourth-order valence-electron chi connectivity index (χ4n) is 7.98. The van der Waals surface area contributed by atoms with E-state index in [1.807, 2.05) is 46.2 Å². The number of piperazine rings is 1. The number of nitrogens with zero attached hydrogens (tertiary/aromatic N) is 6. The van der Waals surface area contributed by atoms with Gasteiger partial charge in [-0.15, -0.1) is 0 Å². The number of carbonyl (C=O) groups is 3. The highest BCUT2D eigenvalue weighted by Gasteiger charge is 2.36. The van der Waals surface area contributed by atoms with E-state index in [0.29, 0.717) is 56.6 Å². The van der Waals surface area contributed by atoms with Gasteiger partial charge in [-0.2, -0.15) is 5.10 Å². The van der Waals surface area contributed by atoms with Crippen LogP contribution in [-0.4, -0.2) is 136 Å². The minimum atomic E-state index is -0.981. The molecule has 1 aromatic heterocycles. The number of likely N-dealkylation sites (tertiary alicyclic amines) is 2. The number of rotatable bonds is 7. The number of amides is 4. The lowest BCUT2D eigenvalue weighted by atomic mass is 10.00. The summed E-state index contributed by atoms with van der Waals surface area (Å²) in [4.78, 5) is 51.4. The van der Waals surface area contributed by atoms with Crippen LogP contribution < -0.4 is 5.32 Å². The molecule has 49 heavy (non-hydrogen) atoms. The van der Waals surface area contributed by atoms with Crippen molar-refractivity contribution in [2.45, 2.75) is 63.6 Å². The molecule has 4 amide bonds. The summed E-state index contributed by atoms with van der Waals surface area (Å²) < 4.78 is 6.09. The molecule has 1 atom stereocenters. The molecule has 7 rings (SSSR count). The van der Waals surface area contributed by atoms with Gasteiger partial charge in [0.2, 0.25) is 0 Å². The van der Waals surface area contributed by atoms with Crippen molar-refractivity contribution in [1.82, 2.24) is 34.7 Å². The quantitative estimate of drug-likeness (QED) is 0.377. The van der Waals surface area contributed by atoms with Crippen LogP contribution in [0.3, 0.4) is 0 Å². The number of benzene rings is 2. The summed E-state index contributed by atoms with van der Waals surface area (Å²) in [6.07, 6.45) is 4.33. The van der Waals surface area contributed by atoms with Gasteiger partial charge in [0.15, 0.2) is 6.10 Å². The molecular weight excluding hydrogens is 644 g/mol. The maximum Gasteiger partial charge on any atom is 0.410 e. The van der Waals surface area contributed by atoms with Crippen LogP contribution in [0.2, 0.25) is 5.02 Å². The molecule has 0 aliphatic carbocycles. The molecule has 2 aromatic carbocycles. The summed E-state index contributed by atoms with van der Waals surface area (Å²) in [5.41, 5.74) is 3.53. The number of hydrogen-bond donors (Lipinski definition) is 2. The molecule has 3 aromatic rings. The molecule has 3 saturated heterocycles. The van der Waals surface area contributed by atoms with Crippen LogP contribution in [0.25, 0.3) is 10.9 Å². The van der Waals surface area contributed by atoms with Gasteiger partial charge in [-0.05, 0) is 68.0 Å². The van der Waals surface area contributed by atoms with E-state index in [2.05, 4.69) is 32.2 Å². The van der Waals surface area contributed by atoms with Crippen molar-refractivity contribution in [3.05, 3.63) is 58.7 Å². The van der Waals surface area contributed by atoms with Gasteiger partial charge in [-0.1, -0.05) is 36.7 Å². The molecule has 262 valence electrons. The topological polar surface area (TPSA) is 117 Å². The number of anilines is 1. The van der Waals surface area contributed by atoms with E-state index >= 15 is 0 Å². The molecule has 12 nitrogen and oxygen atoms in total. The molecule has 4 aliphatic heterocycles. The number of nitrogens with one attached hydrogen (secondary N) is 2. The van der Waals surface area contributed by atoms with Crippen molar-refractivity contribution in [2.75, 3.05) is 70.8 Å². The highest BCUT2D eigenvalue weighted by Crippen LogP contribution is 2.28. The molecular formula is C36H47ClN8O4. The fraction of sp³-hybridized carbons (Fsp3) is 0.556. The van der Waals surface area contributed by atoms with Crippen molar-refractivity contribution in [3.8, 4) is 0 Å². The number of aromatic nitrogens is 2. The predicted molar refractivity (Wildman–Crippen MR) is 189 cm³/mol. The lowest BCUT2D eigenvalue weighted by Crippen LogP contribution is -2.55. The standard InChI is InChI=1S/C36H47ClN8O4/c1-2-41-17-19-42(20-18-41)28-8-12-43(13-9-28)34(46)32(23-25-21-27-24-38-40-33(27)30(37)22-25)49-36(48)44-14-10-29(11-15-44)45-16-7-26-5-3-4-6-31(26)39-35(45)47/h3-6,21-22,24,28-29,32H,2,7-20,23H2,1H3,(H,38,40)(H,39,47). The number of hydrogen-bond acceptors (Lipinski definition) is 7. The highest BCUT2D eigenvalue weighted by atomic mass is 35.5. The van der Waals surface area contributed by atoms with Gasteiger partial charge in [-0.3, -0.25) is 14.8 Å². The Bertz CT molecular complexity index is 1640. The van der Waals surface area contributed by atoms with Crippen molar-refractivity contribution in [1.29, 1.82) is 0 Å². The first-order chi connectivity index (χ1) is 23.9. The summed E-state index contributed by atoms with van der Waals surface area (Å²) >= 11 is 6.55. The molecule has 3 fully saturated rings. The summed E-state index contributed by atoms with van der Waals surface area (Å²) in [5.74, 6) is -0.165. The summed E-state index contributed by atoms with van der Waals surface area (Å²) in [6, 6.07) is 12.0. The monoisotopic (exact) mass is 690 g/mol. The average molecular weight is 691 g/mol. The lowest BCUT2D eigenvalue weighted by molar-refractivity contribution is -0.142. The Kier molecular flexibility index (Phi) is 10.2. The van der Waals surface area contributed by atoms with E-state index in [0.717, 1.165) is 79.7 Å². The number of fused-ring (bicyclic) bond motifs is 2. The first kappa shape index (κ1) is 33.6. The highest BCUT2D eigenvalue weighted by molar-refractivity contribution is 6.35.